The third-order valence-corrected chi connectivity index (χ3v) is 5.51. The highest BCUT2D eigenvalue weighted by Gasteiger charge is 2.30. The lowest BCUT2D eigenvalue weighted by Crippen LogP contribution is -2.45. The number of nitriles is 1. The Morgan fingerprint density at radius 3 is 2.43 bits per heavy atom. The molecule has 1 aromatic heterocycles. The van der Waals surface area contributed by atoms with Gasteiger partial charge in [-0.3, -0.25) is 4.79 Å². The average molecular weight is 410 g/mol. The zero-order chi connectivity index (χ0) is 21.3. The van der Waals surface area contributed by atoms with Gasteiger partial charge in [0.1, 0.15) is 5.69 Å². The molecule has 1 fully saturated rings. The lowest BCUT2D eigenvalue weighted by Gasteiger charge is -2.34. The second-order valence-electron chi connectivity index (χ2n) is 7.86. The Balaban J connectivity index is 1.81. The quantitative estimate of drug-likeness (QED) is 0.463. The molecule has 30 heavy (non-hydrogen) atoms. The fourth-order valence-corrected chi connectivity index (χ4v) is 3.64. The molecule has 0 aliphatic carbocycles. The molecule has 0 bridgehead atoms. The highest BCUT2D eigenvalue weighted by atomic mass is 16.5. The summed E-state index contributed by atoms with van der Waals surface area (Å²) in [5.41, 5.74) is 1.84. The molecule has 0 radical (unpaired) electrons. The van der Waals surface area contributed by atoms with Gasteiger partial charge in [0, 0.05) is 26.2 Å². The van der Waals surface area contributed by atoms with Crippen molar-refractivity contribution in [3.05, 3.63) is 30.0 Å². The van der Waals surface area contributed by atoms with Crippen molar-refractivity contribution < 1.29 is 9.53 Å². The van der Waals surface area contributed by atoms with Crippen molar-refractivity contribution >= 4 is 22.8 Å². The molecule has 160 valence electrons. The van der Waals surface area contributed by atoms with Crippen LogP contribution in [0.1, 0.15) is 50.6 Å². The minimum absolute atomic E-state index is 0.339. The average Bonchev–Trinajstić information content (AvgIpc) is 2.77. The van der Waals surface area contributed by atoms with Gasteiger partial charge in [-0.05, 0) is 25.6 Å². The minimum atomic E-state index is -1.08. The van der Waals surface area contributed by atoms with E-state index in [9.17, 15) is 10.1 Å². The number of piperazine rings is 1. The predicted octanol–water partition coefficient (Wildman–Crippen LogP) is 3.50. The van der Waals surface area contributed by atoms with Crippen molar-refractivity contribution in [2.45, 2.75) is 44.9 Å². The zero-order valence-electron chi connectivity index (χ0n) is 18.0. The fraction of sp³-hybridized carbons (Fsp3) is 0.565. The van der Waals surface area contributed by atoms with Crippen LogP contribution in [0, 0.1) is 11.3 Å². The normalized spacial score (nSPS) is 15.7. The van der Waals surface area contributed by atoms with Gasteiger partial charge in [-0.1, -0.05) is 44.7 Å². The summed E-state index contributed by atoms with van der Waals surface area (Å²) in [6.07, 6.45) is 5.35. The van der Waals surface area contributed by atoms with Crippen LogP contribution in [-0.2, 0) is 9.53 Å². The van der Waals surface area contributed by atoms with Crippen molar-refractivity contribution in [2.24, 2.45) is 0 Å². The van der Waals surface area contributed by atoms with Gasteiger partial charge in [0.2, 0.25) is 0 Å². The number of rotatable bonds is 9. The number of anilines is 1. The van der Waals surface area contributed by atoms with E-state index in [1.54, 1.807) is 0 Å². The van der Waals surface area contributed by atoms with Gasteiger partial charge in [0.25, 0.3) is 0 Å². The minimum Gasteiger partial charge on any atom is -0.464 e. The lowest BCUT2D eigenvalue weighted by atomic mass is 10.1. The molecule has 3 rings (SSSR count). The summed E-state index contributed by atoms with van der Waals surface area (Å²) in [4.78, 5) is 26.6. The Morgan fingerprint density at radius 2 is 1.77 bits per heavy atom. The molecule has 1 aromatic carbocycles. The number of para-hydroxylation sites is 2. The van der Waals surface area contributed by atoms with E-state index in [1.807, 2.05) is 24.3 Å². The second kappa shape index (κ2) is 10.9. The highest BCUT2D eigenvalue weighted by Crippen LogP contribution is 2.28. The van der Waals surface area contributed by atoms with E-state index in [0.717, 1.165) is 51.0 Å². The van der Waals surface area contributed by atoms with Crippen LogP contribution < -0.4 is 4.90 Å². The number of likely N-dealkylation sites (N-methyl/N-ethyl adjacent to an activating group) is 1. The highest BCUT2D eigenvalue weighted by molar-refractivity contribution is 5.85. The van der Waals surface area contributed by atoms with E-state index in [0.29, 0.717) is 23.6 Å². The topological polar surface area (TPSA) is 82.3 Å². The first-order valence-electron chi connectivity index (χ1n) is 10.9. The number of aromatic nitrogens is 2. The van der Waals surface area contributed by atoms with Crippen LogP contribution in [-0.4, -0.2) is 60.7 Å². The van der Waals surface area contributed by atoms with Gasteiger partial charge < -0.3 is 14.5 Å². The third-order valence-electron chi connectivity index (χ3n) is 5.51. The molecule has 2 aromatic rings. The Morgan fingerprint density at radius 1 is 1.10 bits per heavy atom. The van der Waals surface area contributed by atoms with Crippen molar-refractivity contribution in [1.29, 1.82) is 5.26 Å². The standard InChI is InChI=1S/C23H31N5O2/c1-3-4-5-6-9-16-30-23(29)18(17-24)21-22(28-14-12-27(2)13-15-28)26-20-11-8-7-10-19(20)25-21/h7-8,10-11,18H,3-6,9,12-16H2,1-2H3. The monoisotopic (exact) mass is 409 g/mol. The molecule has 0 saturated carbocycles. The molecule has 0 amide bonds. The van der Waals surface area contributed by atoms with E-state index >= 15 is 0 Å². The van der Waals surface area contributed by atoms with Crippen molar-refractivity contribution in [1.82, 2.24) is 14.9 Å². The number of esters is 1. The molecule has 1 atom stereocenters. The molecule has 1 aliphatic heterocycles. The van der Waals surface area contributed by atoms with Crippen LogP contribution in [0.15, 0.2) is 24.3 Å². The number of ether oxygens (including phenoxy) is 1. The van der Waals surface area contributed by atoms with E-state index < -0.39 is 11.9 Å². The molecule has 1 saturated heterocycles. The van der Waals surface area contributed by atoms with Crippen LogP contribution in [0.25, 0.3) is 11.0 Å². The van der Waals surface area contributed by atoms with Gasteiger partial charge in [-0.2, -0.15) is 5.26 Å². The summed E-state index contributed by atoms with van der Waals surface area (Å²) in [6, 6.07) is 9.67. The number of carbonyl (C=O) groups is 1. The molecule has 7 heteroatoms. The lowest BCUT2D eigenvalue weighted by molar-refractivity contribution is -0.144. The maximum absolute atomic E-state index is 12.7. The van der Waals surface area contributed by atoms with Crippen LogP contribution in [0.5, 0.6) is 0 Å². The number of carbonyl (C=O) groups excluding carboxylic acids is 1. The fourth-order valence-electron chi connectivity index (χ4n) is 3.64. The number of hydrogen-bond acceptors (Lipinski definition) is 7. The van der Waals surface area contributed by atoms with Crippen molar-refractivity contribution in [3.8, 4) is 6.07 Å². The Hall–Kier alpha value is -2.72. The maximum atomic E-state index is 12.7. The molecule has 0 spiro atoms. The summed E-state index contributed by atoms with van der Waals surface area (Å²) >= 11 is 0. The molecular formula is C23H31N5O2. The third kappa shape index (κ3) is 5.45. The van der Waals surface area contributed by atoms with Gasteiger partial charge in [0.05, 0.1) is 23.7 Å². The van der Waals surface area contributed by atoms with Crippen molar-refractivity contribution in [3.63, 3.8) is 0 Å². The zero-order valence-corrected chi connectivity index (χ0v) is 18.0. The summed E-state index contributed by atoms with van der Waals surface area (Å²) in [6.45, 7) is 5.86. The first-order valence-corrected chi connectivity index (χ1v) is 10.9. The SMILES string of the molecule is CCCCCCCOC(=O)C(C#N)c1nc2ccccc2nc1N1CCN(C)CC1. The Bertz CT molecular complexity index is 887. The molecule has 1 aliphatic rings. The summed E-state index contributed by atoms with van der Waals surface area (Å²) in [5, 5.41) is 9.81. The van der Waals surface area contributed by atoms with Crippen LogP contribution >= 0.6 is 0 Å². The molecule has 2 heterocycles. The van der Waals surface area contributed by atoms with Crippen LogP contribution in [0.4, 0.5) is 5.82 Å². The predicted molar refractivity (Wildman–Crippen MR) is 117 cm³/mol. The summed E-state index contributed by atoms with van der Waals surface area (Å²) < 4.78 is 5.45. The van der Waals surface area contributed by atoms with Crippen molar-refractivity contribution in [2.75, 3.05) is 44.7 Å². The van der Waals surface area contributed by atoms with E-state index in [1.165, 1.54) is 12.8 Å². The van der Waals surface area contributed by atoms with Gasteiger partial charge in [-0.25, -0.2) is 9.97 Å². The van der Waals surface area contributed by atoms with E-state index in [-0.39, 0.29) is 0 Å². The smallest absolute Gasteiger partial charge is 0.329 e. The number of hydrogen-bond donors (Lipinski definition) is 0. The maximum Gasteiger partial charge on any atom is 0.329 e. The molecular weight excluding hydrogens is 378 g/mol. The summed E-state index contributed by atoms with van der Waals surface area (Å²) in [5.74, 6) is -0.992. The number of benzene rings is 1. The number of unbranched alkanes of at least 4 members (excludes halogenated alkanes) is 4. The second-order valence-corrected chi connectivity index (χ2v) is 7.86. The van der Waals surface area contributed by atoms with E-state index in [4.69, 9.17) is 9.72 Å². The van der Waals surface area contributed by atoms with Crippen LogP contribution in [0.2, 0.25) is 0 Å². The first kappa shape index (κ1) is 22.0. The molecule has 7 nitrogen and oxygen atoms in total. The number of fused-ring (bicyclic) bond motifs is 1. The molecule has 0 N–H and O–H groups in total. The number of nitrogens with zero attached hydrogens (tertiary/aromatic N) is 5. The summed E-state index contributed by atoms with van der Waals surface area (Å²) in [7, 11) is 2.08. The Labute approximate surface area is 178 Å². The van der Waals surface area contributed by atoms with Gasteiger partial charge >= 0.3 is 5.97 Å². The first-order chi connectivity index (χ1) is 14.6. The van der Waals surface area contributed by atoms with Crippen LogP contribution in [0.3, 0.4) is 0 Å². The largest absolute Gasteiger partial charge is 0.464 e. The van der Waals surface area contributed by atoms with Gasteiger partial charge in [-0.15, -0.1) is 0 Å². The van der Waals surface area contributed by atoms with Gasteiger partial charge in [0.15, 0.2) is 11.7 Å². The Kier molecular flexibility index (Phi) is 7.97. The molecule has 1 unspecified atom stereocenters. The van der Waals surface area contributed by atoms with E-state index in [2.05, 4.69) is 34.8 Å².